The van der Waals surface area contributed by atoms with E-state index in [-0.39, 0.29) is 18.9 Å². The van der Waals surface area contributed by atoms with Crippen molar-refractivity contribution in [3.8, 4) is 0 Å². The molecule has 0 bridgehead atoms. The molecule has 0 aromatic carbocycles. The fraction of sp³-hybridized carbons (Fsp3) is 0.846. The smallest absolute Gasteiger partial charge is 0.518 e. The van der Waals surface area contributed by atoms with Crippen LogP contribution in [0.3, 0.4) is 0 Å². The van der Waals surface area contributed by atoms with Crippen molar-refractivity contribution < 1.29 is 23.3 Å². The Bertz CT molecular complexity index is 197. The standard InChI is InChI=1S/C13H27OSi.Li/c1-8-9-10-11-12(2)14-15(6,7)13(3,4)5;/h1,8,12H,9-11H2,2-7H3;/q-1;+1/t12-;/m0./s1. The van der Waals surface area contributed by atoms with Crippen LogP contribution in [-0.2, 0) is 4.43 Å². The van der Waals surface area contributed by atoms with Crippen LogP contribution in [0.2, 0.25) is 18.1 Å². The van der Waals surface area contributed by atoms with Crippen LogP contribution in [-0.4, -0.2) is 14.4 Å². The Labute approximate surface area is 115 Å². The quantitative estimate of drug-likeness (QED) is 0.385. The van der Waals surface area contributed by atoms with Gasteiger partial charge < -0.3 is 11.0 Å². The summed E-state index contributed by atoms with van der Waals surface area (Å²) in [5.74, 6) is 0. The fourth-order valence-electron chi connectivity index (χ4n) is 1.26. The number of rotatable bonds is 6. The molecule has 0 spiro atoms. The molecule has 0 amide bonds. The van der Waals surface area contributed by atoms with Crippen LogP contribution in [0.4, 0.5) is 0 Å². The second-order valence-corrected chi connectivity index (χ2v) is 10.6. The zero-order valence-corrected chi connectivity index (χ0v) is 13.3. The summed E-state index contributed by atoms with van der Waals surface area (Å²) in [6, 6.07) is 0. The maximum atomic E-state index is 6.23. The third-order valence-corrected chi connectivity index (χ3v) is 7.89. The van der Waals surface area contributed by atoms with Crippen LogP contribution in [0.1, 0.15) is 47.0 Å². The van der Waals surface area contributed by atoms with Crippen LogP contribution < -0.4 is 18.9 Å². The van der Waals surface area contributed by atoms with E-state index in [1.54, 1.807) is 6.08 Å². The Balaban J connectivity index is 0. The predicted octanol–water partition coefficient (Wildman–Crippen LogP) is 1.56. The summed E-state index contributed by atoms with van der Waals surface area (Å²) in [5, 5.41) is 0.307. The Morgan fingerprint density at radius 2 is 1.81 bits per heavy atom. The van der Waals surface area contributed by atoms with Crippen LogP contribution in [0.15, 0.2) is 6.08 Å². The molecule has 0 unspecified atom stereocenters. The Kier molecular flexibility index (Phi) is 9.16. The molecule has 0 radical (unpaired) electrons. The number of hydrogen-bond acceptors (Lipinski definition) is 1. The largest absolute Gasteiger partial charge is 1.00 e. The van der Waals surface area contributed by atoms with Crippen LogP contribution in [0, 0.1) is 6.58 Å². The maximum Gasteiger partial charge on any atom is 1.00 e. The minimum atomic E-state index is -1.57. The van der Waals surface area contributed by atoms with Gasteiger partial charge in [0, 0.05) is 6.10 Å². The molecule has 0 rings (SSSR count). The first-order valence-electron chi connectivity index (χ1n) is 5.92. The van der Waals surface area contributed by atoms with E-state index in [9.17, 15) is 0 Å². The van der Waals surface area contributed by atoms with E-state index in [1.165, 1.54) is 0 Å². The van der Waals surface area contributed by atoms with E-state index >= 15 is 0 Å². The van der Waals surface area contributed by atoms with Gasteiger partial charge in [0.1, 0.15) is 0 Å². The summed E-state index contributed by atoms with van der Waals surface area (Å²) in [7, 11) is -1.57. The van der Waals surface area contributed by atoms with Crippen LogP contribution >= 0.6 is 0 Å². The van der Waals surface area contributed by atoms with Gasteiger partial charge in [-0.15, -0.1) is 0 Å². The van der Waals surface area contributed by atoms with E-state index in [2.05, 4.69) is 40.8 Å². The Hall–Kier alpha value is 0.514. The summed E-state index contributed by atoms with van der Waals surface area (Å²) in [6.07, 6.45) is 5.34. The van der Waals surface area contributed by atoms with Gasteiger partial charge in [0.05, 0.1) is 0 Å². The molecule has 1 atom stereocenters. The minimum absolute atomic E-state index is 0. The monoisotopic (exact) mass is 234 g/mol. The van der Waals surface area contributed by atoms with E-state index < -0.39 is 8.32 Å². The second kappa shape index (κ2) is 7.77. The molecule has 1 nitrogen and oxygen atoms in total. The molecule has 0 fully saturated rings. The first-order chi connectivity index (χ1) is 6.70. The molecule has 90 valence electrons. The molecule has 0 saturated carbocycles. The summed E-state index contributed by atoms with van der Waals surface area (Å²) in [6.45, 7) is 19.0. The molecule has 0 aliphatic carbocycles. The minimum Gasteiger partial charge on any atom is -0.518 e. The van der Waals surface area contributed by atoms with E-state index in [0.29, 0.717) is 11.1 Å². The molecule has 0 aliphatic heterocycles. The average molecular weight is 234 g/mol. The van der Waals surface area contributed by atoms with Crippen molar-refractivity contribution in [1.29, 1.82) is 0 Å². The van der Waals surface area contributed by atoms with Gasteiger partial charge in [-0.25, -0.2) is 0 Å². The van der Waals surface area contributed by atoms with Crippen molar-refractivity contribution in [1.82, 2.24) is 0 Å². The van der Waals surface area contributed by atoms with Gasteiger partial charge in [0.15, 0.2) is 8.32 Å². The zero-order valence-electron chi connectivity index (χ0n) is 12.3. The number of unbranched alkanes of at least 4 members (excludes halogenated alkanes) is 1. The summed E-state index contributed by atoms with van der Waals surface area (Å²) in [5.41, 5.74) is 0. The molecular weight excluding hydrogens is 207 g/mol. The van der Waals surface area contributed by atoms with Gasteiger partial charge in [0.25, 0.3) is 0 Å². The second-order valence-electron chi connectivity index (χ2n) is 5.86. The normalized spacial score (nSPS) is 14.1. The molecule has 0 heterocycles. The van der Waals surface area contributed by atoms with Gasteiger partial charge in [-0.1, -0.05) is 33.6 Å². The molecule has 3 heteroatoms. The molecule has 0 saturated heterocycles. The molecular formula is C13H27LiOSi. The van der Waals surface area contributed by atoms with Gasteiger partial charge in [-0.05, 0) is 31.5 Å². The average Bonchev–Trinajstić information content (AvgIpc) is 2.01. The summed E-state index contributed by atoms with van der Waals surface area (Å²) >= 11 is 0. The molecule has 0 N–H and O–H groups in total. The van der Waals surface area contributed by atoms with Crippen LogP contribution in [0.25, 0.3) is 0 Å². The van der Waals surface area contributed by atoms with E-state index in [4.69, 9.17) is 11.0 Å². The Morgan fingerprint density at radius 3 is 2.19 bits per heavy atom. The third-order valence-electron chi connectivity index (χ3n) is 3.28. The SMILES string of the molecule is [CH-]=CCCC[C@H](C)O[Si](C)(C)C(C)(C)C.[Li+]. The maximum absolute atomic E-state index is 6.23. The molecule has 0 aliphatic rings. The van der Waals surface area contributed by atoms with Crippen molar-refractivity contribution in [2.75, 3.05) is 0 Å². The third kappa shape index (κ3) is 6.96. The van der Waals surface area contributed by atoms with Crippen molar-refractivity contribution in [2.24, 2.45) is 0 Å². The van der Waals surface area contributed by atoms with Crippen molar-refractivity contribution in [2.45, 2.75) is 71.2 Å². The van der Waals surface area contributed by atoms with Gasteiger partial charge >= 0.3 is 18.9 Å². The molecule has 0 aromatic heterocycles. The molecule has 16 heavy (non-hydrogen) atoms. The van der Waals surface area contributed by atoms with Gasteiger partial charge in [0.2, 0.25) is 0 Å². The fourth-order valence-corrected chi connectivity index (χ4v) is 2.74. The molecule has 0 aromatic rings. The van der Waals surface area contributed by atoms with E-state index in [0.717, 1.165) is 19.3 Å². The van der Waals surface area contributed by atoms with Crippen molar-refractivity contribution in [3.05, 3.63) is 12.7 Å². The van der Waals surface area contributed by atoms with Crippen molar-refractivity contribution in [3.63, 3.8) is 0 Å². The topological polar surface area (TPSA) is 9.23 Å². The first-order valence-corrected chi connectivity index (χ1v) is 8.83. The van der Waals surface area contributed by atoms with Gasteiger partial charge in [-0.2, -0.15) is 0 Å². The van der Waals surface area contributed by atoms with E-state index in [1.807, 2.05) is 0 Å². The Morgan fingerprint density at radius 1 is 1.31 bits per heavy atom. The van der Waals surface area contributed by atoms with Gasteiger partial charge in [-0.3, -0.25) is 6.08 Å². The zero-order chi connectivity index (χ0) is 12.1. The summed E-state index contributed by atoms with van der Waals surface area (Å²) < 4.78 is 6.23. The van der Waals surface area contributed by atoms with Crippen molar-refractivity contribution >= 4 is 8.32 Å². The number of allylic oxidation sites excluding steroid dienone is 1. The number of hydrogen-bond donors (Lipinski definition) is 0. The summed E-state index contributed by atoms with van der Waals surface area (Å²) in [4.78, 5) is 0. The first kappa shape index (κ1) is 18.9. The van der Waals surface area contributed by atoms with Crippen LogP contribution in [0.5, 0.6) is 0 Å². The predicted molar refractivity (Wildman–Crippen MR) is 70.5 cm³/mol.